The molecule has 0 aliphatic carbocycles. The van der Waals surface area contributed by atoms with E-state index in [1.54, 1.807) is 55.5 Å². The predicted octanol–water partition coefficient (Wildman–Crippen LogP) is 4.47. The van der Waals surface area contributed by atoms with Crippen molar-refractivity contribution in [2.45, 2.75) is 30.7 Å². The van der Waals surface area contributed by atoms with Crippen molar-refractivity contribution >= 4 is 41.0 Å². The van der Waals surface area contributed by atoms with Crippen LogP contribution in [0.5, 0.6) is 0 Å². The van der Waals surface area contributed by atoms with E-state index in [2.05, 4.69) is 0 Å². The number of carbonyl (C=O) groups is 3. The highest BCUT2D eigenvalue weighted by Gasteiger charge is 2.68. The first-order valence-electron chi connectivity index (χ1n) is 10.1. The van der Waals surface area contributed by atoms with E-state index >= 15 is 0 Å². The van der Waals surface area contributed by atoms with Gasteiger partial charge in [-0.1, -0.05) is 47.5 Å². The van der Waals surface area contributed by atoms with E-state index in [9.17, 15) is 14.4 Å². The van der Waals surface area contributed by atoms with Crippen LogP contribution in [0.2, 0.25) is 10.0 Å². The second-order valence-electron chi connectivity index (χ2n) is 7.68. The highest BCUT2D eigenvalue weighted by atomic mass is 35.5. The lowest BCUT2D eigenvalue weighted by Gasteiger charge is -2.40. The van der Waals surface area contributed by atoms with Crippen LogP contribution in [0.3, 0.4) is 0 Å². The molecule has 6 nitrogen and oxygen atoms in total. The van der Waals surface area contributed by atoms with Gasteiger partial charge in [0.05, 0.1) is 25.2 Å². The monoisotopic (exact) mass is 473 g/mol. The highest BCUT2D eigenvalue weighted by Crippen LogP contribution is 2.58. The van der Waals surface area contributed by atoms with Crippen molar-refractivity contribution in [2.75, 3.05) is 13.7 Å². The number of methoxy groups -OCH3 is 1. The molecule has 1 fully saturated rings. The minimum Gasteiger partial charge on any atom is -0.466 e. The number of esters is 2. The van der Waals surface area contributed by atoms with Crippen molar-refractivity contribution in [3.63, 3.8) is 0 Å². The zero-order chi connectivity index (χ0) is 23.0. The third-order valence-corrected chi connectivity index (χ3v) is 6.60. The molecular weight excluding hydrogens is 453 g/mol. The van der Waals surface area contributed by atoms with Gasteiger partial charge in [-0.25, -0.2) is 9.59 Å². The molecule has 2 aliphatic heterocycles. The number of halogens is 2. The van der Waals surface area contributed by atoms with E-state index < -0.39 is 29.3 Å². The highest BCUT2D eigenvalue weighted by molar-refractivity contribution is 6.30. The Kier molecular flexibility index (Phi) is 6.01. The molecule has 3 atom stereocenters. The summed E-state index contributed by atoms with van der Waals surface area (Å²) in [7, 11) is 1.26. The Balaban J connectivity index is 1.99. The van der Waals surface area contributed by atoms with Gasteiger partial charge in [-0.2, -0.15) is 0 Å². The van der Waals surface area contributed by atoms with Gasteiger partial charge in [-0.3, -0.25) is 9.69 Å². The zero-order valence-corrected chi connectivity index (χ0v) is 19.0. The van der Waals surface area contributed by atoms with Crippen LogP contribution < -0.4 is 0 Å². The number of amides is 1. The topological polar surface area (TPSA) is 72.9 Å². The maximum atomic E-state index is 13.7. The molecule has 2 aromatic carbocycles. The van der Waals surface area contributed by atoms with Crippen molar-refractivity contribution in [3.05, 3.63) is 81.5 Å². The Bertz CT molecular complexity index is 1100. The molecule has 2 aromatic rings. The average Bonchev–Trinajstić information content (AvgIpc) is 3.28. The number of benzene rings is 2. The minimum atomic E-state index is -1.49. The largest absolute Gasteiger partial charge is 0.466 e. The summed E-state index contributed by atoms with van der Waals surface area (Å²) in [6, 6.07) is 13.9. The fourth-order valence-electron chi connectivity index (χ4n) is 4.82. The van der Waals surface area contributed by atoms with E-state index in [0.717, 1.165) is 5.56 Å². The van der Waals surface area contributed by atoms with Crippen LogP contribution in [0.25, 0.3) is 0 Å². The van der Waals surface area contributed by atoms with Gasteiger partial charge >= 0.3 is 11.9 Å². The third kappa shape index (κ3) is 3.38. The maximum absolute atomic E-state index is 13.7. The Morgan fingerprint density at radius 3 is 2.12 bits per heavy atom. The Labute approximate surface area is 195 Å². The first-order valence-corrected chi connectivity index (χ1v) is 10.9. The summed E-state index contributed by atoms with van der Waals surface area (Å²) in [6.07, 6.45) is 1.51. The number of nitrogens with zero attached hydrogens (tertiary/aromatic N) is 1. The van der Waals surface area contributed by atoms with E-state index in [-0.39, 0.29) is 24.5 Å². The maximum Gasteiger partial charge on any atom is 0.335 e. The molecule has 1 saturated heterocycles. The normalized spacial score (nSPS) is 24.2. The number of rotatable bonds is 5. The molecule has 32 heavy (non-hydrogen) atoms. The summed E-state index contributed by atoms with van der Waals surface area (Å²) >= 11 is 12.2. The fraction of sp³-hybridized carbons (Fsp3) is 0.292. The zero-order valence-electron chi connectivity index (χ0n) is 17.5. The van der Waals surface area contributed by atoms with Crippen LogP contribution in [0.1, 0.15) is 36.3 Å². The van der Waals surface area contributed by atoms with Crippen molar-refractivity contribution in [1.29, 1.82) is 0 Å². The smallest absolute Gasteiger partial charge is 0.335 e. The lowest BCUT2D eigenvalue weighted by atomic mass is 9.68. The number of hydrogen-bond donors (Lipinski definition) is 0. The van der Waals surface area contributed by atoms with E-state index in [4.69, 9.17) is 32.7 Å². The summed E-state index contributed by atoms with van der Waals surface area (Å²) in [5.41, 5.74) is 0.111. The van der Waals surface area contributed by atoms with Crippen LogP contribution >= 0.6 is 23.2 Å². The molecule has 8 heteroatoms. The molecule has 2 aliphatic rings. The first-order chi connectivity index (χ1) is 15.3. The molecule has 2 heterocycles. The minimum absolute atomic E-state index is 0.0789. The lowest BCUT2D eigenvalue weighted by molar-refractivity contribution is -0.158. The molecule has 0 spiro atoms. The van der Waals surface area contributed by atoms with Crippen LogP contribution in [0.15, 0.2) is 60.3 Å². The predicted molar refractivity (Wildman–Crippen MR) is 119 cm³/mol. The summed E-state index contributed by atoms with van der Waals surface area (Å²) in [6.45, 7) is 1.82. The molecule has 1 amide bonds. The molecule has 0 N–H and O–H groups in total. The van der Waals surface area contributed by atoms with Crippen molar-refractivity contribution in [2.24, 2.45) is 0 Å². The van der Waals surface area contributed by atoms with E-state index in [0.29, 0.717) is 15.6 Å². The van der Waals surface area contributed by atoms with Crippen LogP contribution in [0, 0.1) is 0 Å². The number of hydrogen-bond acceptors (Lipinski definition) is 5. The number of ether oxygens (including phenoxy) is 2. The Morgan fingerprint density at radius 2 is 1.59 bits per heavy atom. The second-order valence-corrected chi connectivity index (χ2v) is 8.55. The molecule has 0 radical (unpaired) electrons. The van der Waals surface area contributed by atoms with Gasteiger partial charge in [-0.15, -0.1) is 0 Å². The Hall–Kier alpha value is -2.83. The van der Waals surface area contributed by atoms with E-state index in [1.807, 2.05) is 0 Å². The summed E-state index contributed by atoms with van der Waals surface area (Å²) in [5, 5.41) is 1.04. The van der Waals surface area contributed by atoms with Crippen LogP contribution in [-0.2, 0) is 23.9 Å². The van der Waals surface area contributed by atoms with E-state index in [1.165, 1.54) is 18.2 Å². The second kappa shape index (κ2) is 8.60. The molecule has 0 aromatic heterocycles. The van der Waals surface area contributed by atoms with Gasteiger partial charge in [0.25, 0.3) is 0 Å². The van der Waals surface area contributed by atoms with Crippen LogP contribution in [-0.4, -0.2) is 42.0 Å². The van der Waals surface area contributed by atoms with Gasteiger partial charge < -0.3 is 9.47 Å². The van der Waals surface area contributed by atoms with Crippen LogP contribution in [0.4, 0.5) is 0 Å². The number of carbonyl (C=O) groups excluding carboxylic acids is 3. The third-order valence-electron chi connectivity index (χ3n) is 6.10. The fourth-order valence-corrected chi connectivity index (χ4v) is 5.07. The van der Waals surface area contributed by atoms with Crippen molar-refractivity contribution in [3.8, 4) is 0 Å². The SMILES string of the molecule is CCOC(=O)[C@@]12[C@H](c3ccc(Cl)cc3)CC(=O)N1C=C(C(=O)OC)[C@H]2c1ccc(Cl)cc1. The molecule has 0 saturated carbocycles. The summed E-state index contributed by atoms with van der Waals surface area (Å²) in [5.74, 6) is -2.87. The molecule has 0 unspecified atom stereocenters. The number of fused-ring (bicyclic) bond motifs is 1. The molecule has 4 rings (SSSR count). The van der Waals surface area contributed by atoms with Gasteiger partial charge in [0.1, 0.15) is 0 Å². The quantitative estimate of drug-likeness (QED) is 0.599. The van der Waals surface area contributed by atoms with Gasteiger partial charge in [0, 0.05) is 28.6 Å². The van der Waals surface area contributed by atoms with Crippen molar-refractivity contribution in [1.82, 2.24) is 4.90 Å². The average molecular weight is 474 g/mol. The molecular formula is C24H21Cl2NO5. The Morgan fingerprint density at radius 1 is 1.03 bits per heavy atom. The lowest BCUT2D eigenvalue weighted by Crippen LogP contribution is -2.55. The molecule has 166 valence electrons. The summed E-state index contributed by atoms with van der Waals surface area (Å²) < 4.78 is 10.5. The van der Waals surface area contributed by atoms with Gasteiger partial charge in [0.2, 0.25) is 5.91 Å². The summed E-state index contributed by atoms with van der Waals surface area (Å²) in [4.78, 5) is 41.0. The van der Waals surface area contributed by atoms with Gasteiger partial charge in [0.15, 0.2) is 5.54 Å². The standard InChI is InChI=1S/C24H21Cl2NO5/c1-3-32-23(30)24-19(14-4-8-16(25)9-5-14)12-20(28)27(24)13-18(22(29)31-2)21(24)15-6-10-17(26)11-7-15/h4-11,13,19,21H,3,12H2,1-2H3/t19-,21+,24-/m0/s1. The van der Waals surface area contributed by atoms with Crippen molar-refractivity contribution < 1.29 is 23.9 Å². The molecule has 0 bridgehead atoms. The van der Waals surface area contributed by atoms with Gasteiger partial charge in [-0.05, 0) is 42.3 Å². The first kappa shape index (κ1) is 22.4.